The molecular formula is C12H13F2NO. The molecule has 3 atom stereocenters. The van der Waals surface area contributed by atoms with Gasteiger partial charge in [-0.3, -0.25) is 0 Å². The van der Waals surface area contributed by atoms with Gasteiger partial charge in [0.15, 0.2) is 0 Å². The van der Waals surface area contributed by atoms with Crippen LogP contribution < -0.4 is 5.32 Å². The van der Waals surface area contributed by atoms with E-state index in [9.17, 15) is 8.78 Å². The lowest BCUT2D eigenvalue weighted by molar-refractivity contribution is -0.0339. The molecule has 0 unspecified atom stereocenters. The van der Waals surface area contributed by atoms with Crippen molar-refractivity contribution < 1.29 is 13.5 Å². The van der Waals surface area contributed by atoms with E-state index in [2.05, 4.69) is 5.32 Å². The molecule has 0 spiro atoms. The lowest BCUT2D eigenvalue weighted by Crippen LogP contribution is -2.48. The maximum atomic E-state index is 13.6. The summed E-state index contributed by atoms with van der Waals surface area (Å²) in [4.78, 5) is 0. The second kappa shape index (κ2) is 3.79. The first-order valence-electron chi connectivity index (χ1n) is 5.54. The van der Waals surface area contributed by atoms with Gasteiger partial charge in [0, 0.05) is 6.04 Å². The maximum Gasteiger partial charge on any atom is 0.149 e. The van der Waals surface area contributed by atoms with Gasteiger partial charge >= 0.3 is 0 Å². The van der Waals surface area contributed by atoms with Crippen LogP contribution in [-0.4, -0.2) is 19.2 Å². The van der Waals surface area contributed by atoms with Gasteiger partial charge in [0.25, 0.3) is 0 Å². The molecule has 0 aliphatic carbocycles. The van der Waals surface area contributed by atoms with Crippen LogP contribution in [0.1, 0.15) is 29.8 Å². The zero-order valence-corrected chi connectivity index (χ0v) is 8.75. The number of alkyl halides is 1. The lowest BCUT2D eigenvalue weighted by atomic mass is 9.88. The molecule has 2 aliphatic heterocycles. The van der Waals surface area contributed by atoms with Crippen LogP contribution in [0.5, 0.6) is 0 Å². The van der Waals surface area contributed by atoms with Crippen molar-refractivity contribution in [2.75, 3.05) is 13.2 Å². The van der Waals surface area contributed by atoms with Crippen LogP contribution in [0, 0.1) is 5.82 Å². The monoisotopic (exact) mass is 225 g/mol. The Kier molecular flexibility index (Phi) is 2.41. The number of halogens is 2. The van der Waals surface area contributed by atoms with E-state index >= 15 is 0 Å². The molecule has 2 heterocycles. The van der Waals surface area contributed by atoms with Crippen LogP contribution in [0.2, 0.25) is 0 Å². The van der Waals surface area contributed by atoms with Gasteiger partial charge in [-0.2, -0.15) is 0 Å². The third kappa shape index (κ3) is 1.53. The number of hydrogen-bond acceptors (Lipinski definition) is 2. The minimum atomic E-state index is -1.21. The lowest BCUT2D eigenvalue weighted by Gasteiger charge is -2.39. The Labute approximate surface area is 92.6 Å². The number of fused-ring (bicyclic) bond motifs is 1. The molecule has 4 heteroatoms. The smallest absolute Gasteiger partial charge is 0.149 e. The van der Waals surface area contributed by atoms with Gasteiger partial charge in [-0.1, -0.05) is 6.07 Å². The van der Waals surface area contributed by atoms with E-state index in [-0.39, 0.29) is 24.6 Å². The van der Waals surface area contributed by atoms with Gasteiger partial charge in [0.1, 0.15) is 12.0 Å². The molecule has 2 nitrogen and oxygen atoms in total. The zero-order valence-electron chi connectivity index (χ0n) is 8.75. The highest BCUT2D eigenvalue weighted by molar-refractivity contribution is 5.34. The average molecular weight is 225 g/mol. The van der Waals surface area contributed by atoms with Gasteiger partial charge in [-0.05, 0) is 36.2 Å². The quantitative estimate of drug-likeness (QED) is 0.791. The Hall–Kier alpha value is -1.00. The number of hydrogen-bond donors (Lipinski definition) is 1. The summed E-state index contributed by atoms with van der Waals surface area (Å²) >= 11 is 0. The standard InChI is InChI=1S/C12H13F2NO/c13-7-1-2-8-9(5-7)10(14)6-16-12(8)11-3-4-15-11/h1-2,5,10-12,15H,3-4,6H2/t10-,11+,12+/m1/s1. The summed E-state index contributed by atoms with van der Waals surface area (Å²) in [6, 6.07) is 4.54. The molecule has 0 amide bonds. The van der Waals surface area contributed by atoms with E-state index in [1.807, 2.05) is 0 Å². The topological polar surface area (TPSA) is 21.3 Å². The number of rotatable bonds is 1. The van der Waals surface area contributed by atoms with Crippen molar-refractivity contribution in [1.29, 1.82) is 0 Å². The molecule has 1 aromatic carbocycles. The molecule has 16 heavy (non-hydrogen) atoms. The van der Waals surface area contributed by atoms with E-state index in [1.54, 1.807) is 6.07 Å². The van der Waals surface area contributed by atoms with Crippen LogP contribution in [0.4, 0.5) is 8.78 Å². The van der Waals surface area contributed by atoms with E-state index in [1.165, 1.54) is 12.1 Å². The average Bonchev–Trinajstić information content (AvgIpc) is 2.20. The molecular weight excluding hydrogens is 212 g/mol. The van der Waals surface area contributed by atoms with Crippen molar-refractivity contribution in [3.63, 3.8) is 0 Å². The first-order valence-corrected chi connectivity index (χ1v) is 5.54. The molecule has 1 fully saturated rings. The van der Waals surface area contributed by atoms with Gasteiger partial charge in [0.2, 0.25) is 0 Å². The molecule has 1 N–H and O–H groups in total. The fraction of sp³-hybridized carbons (Fsp3) is 0.500. The molecule has 2 aliphatic rings. The van der Waals surface area contributed by atoms with Crippen LogP contribution in [0.3, 0.4) is 0 Å². The number of nitrogens with one attached hydrogen (secondary N) is 1. The van der Waals surface area contributed by atoms with Gasteiger partial charge in [0.05, 0.1) is 12.7 Å². The summed E-state index contributed by atoms with van der Waals surface area (Å²) in [5.74, 6) is -0.386. The van der Waals surface area contributed by atoms with Crippen LogP contribution in [-0.2, 0) is 4.74 Å². The first kappa shape index (κ1) is 10.2. The predicted octanol–water partition coefficient (Wildman–Crippen LogP) is 2.27. The predicted molar refractivity (Wildman–Crippen MR) is 55.3 cm³/mol. The molecule has 0 bridgehead atoms. The highest BCUT2D eigenvalue weighted by Crippen LogP contribution is 2.38. The summed E-state index contributed by atoms with van der Waals surface area (Å²) in [6.45, 7) is 0.999. The molecule has 0 aromatic heterocycles. The summed E-state index contributed by atoms with van der Waals surface area (Å²) in [7, 11) is 0. The van der Waals surface area contributed by atoms with Crippen molar-refractivity contribution in [2.24, 2.45) is 0 Å². The van der Waals surface area contributed by atoms with Gasteiger partial charge < -0.3 is 10.1 Å². The van der Waals surface area contributed by atoms with Crippen molar-refractivity contribution in [2.45, 2.75) is 24.7 Å². The third-order valence-corrected chi connectivity index (χ3v) is 3.34. The van der Waals surface area contributed by atoms with Crippen LogP contribution >= 0.6 is 0 Å². The molecule has 0 radical (unpaired) electrons. The van der Waals surface area contributed by atoms with Gasteiger partial charge in [-0.25, -0.2) is 8.78 Å². The Morgan fingerprint density at radius 1 is 1.31 bits per heavy atom. The van der Waals surface area contributed by atoms with Gasteiger partial charge in [-0.15, -0.1) is 0 Å². The summed E-state index contributed by atoms with van der Waals surface area (Å²) in [5.41, 5.74) is 1.24. The fourth-order valence-electron chi connectivity index (χ4n) is 2.35. The minimum Gasteiger partial charge on any atom is -0.368 e. The van der Waals surface area contributed by atoms with Crippen molar-refractivity contribution in [3.8, 4) is 0 Å². The number of benzene rings is 1. The summed E-state index contributed by atoms with van der Waals surface area (Å²) in [6.07, 6.45) is -0.309. The van der Waals surface area contributed by atoms with Crippen LogP contribution in [0.25, 0.3) is 0 Å². The van der Waals surface area contributed by atoms with Crippen molar-refractivity contribution in [1.82, 2.24) is 5.32 Å². The molecule has 0 saturated carbocycles. The number of ether oxygens (including phenoxy) is 1. The molecule has 3 rings (SSSR count). The van der Waals surface area contributed by atoms with Crippen molar-refractivity contribution in [3.05, 3.63) is 35.1 Å². The largest absolute Gasteiger partial charge is 0.368 e. The Morgan fingerprint density at radius 3 is 2.81 bits per heavy atom. The van der Waals surface area contributed by atoms with E-state index in [0.29, 0.717) is 5.56 Å². The van der Waals surface area contributed by atoms with E-state index in [4.69, 9.17) is 4.74 Å². The fourth-order valence-corrected chi connectivity index (χ4v) is 2.35. The van der Waals surface area contributed by atoms with E-state index < -0.39 is 6.17 Å². The van der Waals surface area contributed by atoms with Crippen molar-refractivity contribution >= 4 is 0 Å². The highest BCUT2D eigenvalue weighted by Gasteiger charge is 2.35. The molecule has 1 aromatic rings. The minimum absolute atomic E-state index is 0.0271. The van der Waals surface area contributed by atoms with Crippen LogP contribution in [0.15, 0.2) is 18.2 Å². The Bertz CT molecular complexity index is 406. The third-order valence-electron chi connectivity index (χ3n) is 3.34. The zero-order chi connectivity index (χ0) is 11.1. The SMILES string of the molecule is Fc1ccc2c(c1)[C@H](F)CO[C@@H]2[C@@H]1CCN1. The molecule has 1 saturated heterocycles. The Balaban J connectivity index is 1.99. The molecule has 86 valence electrons. The Morgan fingerprint density at radius 2 is 2.12 bits per heavy atom. The highest BCUT2D eigenvalue weighted by atomic mass is 19.1. The second-order valence-corrected chi connectivity index (χ2v) is 4.34. The maximum absolute atomic E-state index is 13.6. The first-order chi connectivity index (χ1) is 7.75. The normalized spacial score (nSPS) is 33.0. The summed E-state index contributed by atoms with van der Waals surface area (Å²) < 4.78 is 32.2. The van der Waals surface area contributed by atoms with E-state index in [0.717, 1.165) is 18.5 Å². The second-order valence-electron chi connectivity index (χ2n) is 4.34. The summed E-state index contributed by atoms with van der Waals surface area (Å²) in [5, 5.41) is 3.24.